The van der Waals surface area contributed by atoms with E-state index in [9.17, 15) is 13.2 Å². The van der Waals surface area contributed by atoms with Crippen molar-refractivity contribution < 1.29 is 13.2 Å². The molecule has 1 aromatic carbocycles. The van der Waals surface area contributed by atoms with Gasteiger partial charge in [-0.1, -0.05) is 0 Å². The summed E-state index contributed by atoms with van der Waals surface area (Å²) in [6, 6.07) is 8.38. The van der Waals surface area contributed by atoms with E-state index in [2.05, 4.69) is 0 Å². The number of halogens is 1. The summed E-state index contributed by atoms with van der Waals surface area (Å²) in [7, 11) is -3.22. The first-order chi connectivity index (χ1) is 9.75. The maximum absolute atomic E-state index is 11.8. The lowest BCUT2D eigenvalue weighted by atomic mass is 10.2. The second kappa shape index (κ2) is 5.66. The number of sulfone groups is 1. The SMILES string of the molecule is Cc1cc(C(=O)CCl)c(C)n1-c1ccc(S(C)(=O)=O)cc1. The number of ketones is 1. The Kier molecular flexibility index (Phi) is 4.25. The van der Waals surface area contributed by atoms with Gasteiger partial charge in [0.05, 0.1) is 10.8 Å². The number of carbonyl (C=O) groups is 1. The molecule has 0 atom stereocenters. The van der Waals surface area contributed by atoms with Gasteiger partial charge in [-0.2, -0.15) is 0 Å². The van der Waals surface area contributed by atoms with Gasteiger partial charge >= 0.3 is 0 Å². The molecule has 0 radical (unpaired) electrons. The van der Waals surface area contributed by atoms with Crippen LogP contribution in [-0.2, 0) is 9.84 Å². The topological polar surface area (TPSA) is 56.1 Å². The Balaban J connectivity index is 2.53. The van der Waals surface area contributed by atoms with Crippen molar-refractivity contribution in [1.29, 1.82) is 0 Å². The highest BCUT2D eigenvalue weighted by Crippen LogP contribution is 2.22. The molecule has 0 aliphatic carbocycles. The minimum Gasteiger partial charge on any atom is -0.318 e. The van der Waals surface area contributed by atoms with Crippen LogP contribution in [0.15, 0.2) is 35.2 Å². The highest BCUT2D eigenvalue weighted by molar-refractivity contribution is 7.90. The quantitative estimate of drug-likeness (QED) is 0.641. The first-order valence-electron chi connectivity index (χ1n) is 6.34. The van der Waals surface area contributed by atoms with Crippen molar-refractivity contribution in [2.75, 3.05) is 12.1 Å². The summed E-state index contributed by atoms with van der Waals surface area (Å²) in [6.07, 6.45) is 1.17. The molecule has 0 aliphatic heterocycles. The molecule has 21 heavy (non-hydrogen) atoms. The Bertz CT molecular complexity index is 789. The van der Waals surface area contributed by atoms with Gasteiger partial charge in [-0.05, 0) is 44.2 Å². The number of alkyl halides is 1. The number of hydrogen-bond acceptors (Lipinski definition) is 3. The largest absolute Gasteiger partial charge is 0.318 e. The molecule has 0 spiro atoms. The van der Waals surface area contributed by atoms with Gasteiger partial charge in [0.15, 0.2) is 15.6 Å². The number of benzene rings is 1. The second-order valence-corrected chi connectivity index (χ2v) is 7.23. The zero-order valence-electron chi connectivity index (χ0n) is 12.1. The standard InChI is InChI=1S/C15H16ClNO3S/c1-10-8-14(15(18)9-16)11(2)17(10)12-4-6-13(7-5-12)21(3,19)20/h4-8H,9H2,1-3H3. The van der Waals surface area contributed by atoms with Gasteiger partial charge in [-0.25, -0.2) is 8.42 Å². The van der Waals surface area contributed by atoms with Gasteiger partial charge < -0.3 is 4.57 Å². The molecular weight excluding hydrogens is 310 g/mol. The van der Waals surface area contributed by atoms with Gasteiger partial charge in [0.1, 0.15) is 0 Å². The van der Waals surface area contributed by atoms with Crippen molar-refractivity contribution in [1.82, 2.24) is 4.57 Å². The molecule has 0 amide bonds. The molecule has 2 aromatic rings. The fraction of sp³-hybridized carbons (Fsp3) is 0.267. The smallest absolute Gasteiger partial charge is 0.179 e. The molecule has 0 aliphatic rings. The van der Waals surface area contributed by atoms with Crippen molar-refractivity contribution in [3.8, 4) is 5.69 Å². The Labute approximate surface area is 129 Å². The van der Waals surface area contributed by atoms with E-state index in [4.69, 9.17) is 11.6 Å². The number of rotatable bonds is 4. The first kappa shape index (κ1) is 15.8. The number of aromatic nitrogens is 1. The molecule has 0 saturated carbocycles. The molecule has 4 nitrogen and oxygen atoms in total. The number of hydrogen-bond donors (Lipinski definition) is 0. The van der Waals surface area contributed by atoms with Crippen molar-refractivity contribution >= 4 is 27.2 Å². The van der Waals surface area contributed by atoms with Crippen LogP contribution in [0, 0.1) is 13.8 Å². The molecule has 0 unspecified atom stereocenters. The van der Waals surface area contributed by atoms with E-state index in [0.717, 1.165) is 17.1 Å². The summed E-state index contributed by atoms with van der Waals surface area (Å²) >= 11 is 5.61. The number of aryl methyl sites for hydroxylation is 1. The third-order valence-electron chi connectivity index (χ3n) is 3.38. The third kappa shape index (κ3) is 3.04. The highest BCUT2D eigenvalue weighted by atomic mass is 35.5. The van der Waals surface area contributed by atoms with E-state index in [1.165, 1.54) is 6.26 Å². The Morgan fingerprint density at radius 2 is 1.76 bits per heavy atom. The third-order valence-corrected chi connectivity index (χ3v) is 4.75. The van der Waals surface area contributed by atoms with E-state index in [-0.39, 0.29) is 16.6 Å². The van der Waals surface area contributed by atoms with Crippen LogP contribution >= 0.6 is 11.6 Å². The van der Waals surface area contributed by atoms with Crippen LogP contribution in [0.1, 0.15) is 21.7 Å². The summed E-state index contributed by atoms with van der Waals surface area (Å²) in [5, 5.41) is 0. The fourth-order valence-electron chi connectivity index (χ4n) is 2.36. The molecule has 0 N–H and O–H groups in total. The van der Waals surface area contributed by atoms with Gasteiger partial charge in [-0.15, -0.1) is 11.6 Å². The van der Waals surface area contributed by atoms with Crippen molar-refractivity contribution in [2.45, 2.75) is 18.7 Å². The van der Waals surface area contributed by atoms with Gasteiger partial charge in [0.2, 0.25) is 0 Å². The maximum atomic E-state index is 11.8. The summed E-state index contributed by atoms with van der Waals surface area (Å²) in [5.74, 6) is -0.180. The van der Waals surface area contributed by atoms with E-state index < -0.39 is 9.84 Å². The molecule has 0 fully saturated rings. The summed E-state index contributed by atoms with van der Waals surface area (Å²) in [6.45, 7) is 3.74. The first-order valence-corrected chi connectivity index (χ1v) is 8.77. The van der Waals surface area contributed by atoms with E-state index in [0.29, 0.717) is 5.56 Å². The lowest BCUT2D eigenvalue weighted by Gasteiger charge is -2.10. The average molecular weight is 326 g/mol. The van der Waals surface area contributed by atoms with Crippen LogP contribution in [0.25, 0.3) is 5.69 Å². The molecule has 112 valence electrons. The zero-order valence-corrected chi connectivity index (χ0v) is 13.6. The van der Waals surface area contributed by atoms with E-state index in [1.54, 1.807) is 30.3 Å². The lowest BCUT2D eigenvalue weighted by molar-refractivity contribution is 0.102. The van der Waals surface area contributed by atoms with Crippen LogP contribution in [0.4, 0.5) is 0 Å². The van der Waals surface area contributed by atoms with Crippen LogP contribution in [0.2, 0.25) is 0 Å². The highest BCUT2D eigenvalue weighted by Gasteiger charge is 2.16. The Hall–Kier alpha value is -1.59. The van der Waals surface area contributed by atoms with E-state index >= 15 is 0 Å². The van der Waals surface area contributed by atoms with Crippen molar-refractivity contribution in [3.63, 3.8) is 0 Å². The molecule has 0 saturated heterocycles. The minimum atomic E-state index is -3.22. The number of carbonyl (C=O) groups excluding carboxylic acids is 1. The number of nitrogens with zero attached hydrogens (tertiary/aromatic N) is 1. The predicted octanol–water partition coefficient (Wildman–Crippen LogP) is 2.92. The second-order valence-electron chi connectivity index (χ2n) is 4.94. The maximum Gasteiger partial charge on any atom is 0.179 e. The Morgan fingerprint density at radius 3 is 2.24 bits per heavy atom. The summed E-state index contributed by atoms with van der Waals surface area (Å²) in [4.78, 5) is 12.1. The van der Waals surface area contributed by atoms with Gasteiger partial charge in [-0.3, -0.25) is 4.79 Å². The average Bonchev–Trinajstić information content (AvgIpc) is 2.72. The van der Waals surface area contributed by atoms with Gasteiger partial charge in [0.25, 0.3) is 0 Å². The van der Waals surface area contributed by atoms with Crippen LogP contribution in [0.5, 0.6) is 0 Å². The molecule has 2 rings (SSSR count). The molecule has 1 aromatic heterocycles. The lowest BCUT2D eigenvalue weighted by Crippen LogP contribution is -2.04. The molecule has 6 heteroatoms. The zero-order chi connectivity index (χ0) is 15.8. The summed E-state index contributed by atoms with van der Waals surface area (Å²) in [5.41, 5.74) is 3.10. The van der Waals surface area contributed by atoms with Crippen molar-refractivity contribution in [3.05, 3.63) is 47.3 Å². The van der Waals surface area contributed by atoms with E-state index in [1.807, 2.05) is 18.4 Å². The Morgan fingerprint density at radius 1 is 1.19 bits per heavy atom. The minimum absolute atomic E-state index is 0.0582. The number of Topliss-reactive ketones (excluding diaryl/α,β-unsaturated/α-hetero) is 1. The van der Waals surface area contributed by atoms with Crippen LogP contribution in [-0.4, -0.2) is 30.9 Å². The van der Waals surface area contributed by atoms with Crippen LogP contribution < -0.4 is 0 Å². The molecule has 0 bridgehead atoms. The monoisotopic (exact) mass is 325 g/mol. The van der Waals surface area contributed by atoms with Crippen LogP contribution in [0.3, 0.4) is 0 Å². The molecule has 1 heterocycles. The summed E-state index contributed by atoms with van der Waals surface area (Å²) < 4.78 is 24.9. The normalized spacial score (nSPS) is 11.6. The predicted molar refractivity (Wildman–Crippen MR) is 83.4 cm³/mol. The molecular formula is C15H16ClNO3S. The fourth-order valence-corrected chi connectivity index (χ4v) is 3.13. The van der Waals surface area contributed by atoms with Crippen molar-refractivity contribution in [2.24, 2.45) is 0 Å². The van der Waals surface area contributed by atoms with Gasteiger partial charge in [0, 0.05) is 28.9 Å².